The van der Waals surface area contributed by atoms with E-state index in [4.69, 9.17) is 5.73 Å². The molecule has 0 unspecified atom stereocenters. The van der Waals surface area contributed by atoms with Gasteiger partial charge in [-0.05, 0) is 35.1 Å². The third-order valence-corrected chi connectivity index (χ3v) is 3.31. The molecule has 0 aromatic heterocycles. The number of fused-ring (bicyclic) bond motifs is 1. The Kier molecular flexibility index (Phi) is 2.51. The lowest BCUT2D eigenvalue weighted by molar-refractivity contribution is 0.0990. The minimum Gasteiger partial charge on any atom is -0.391 e. The number of hydrogen-bond donors (Lipinski definition) is 2. The highest BCUT2D eigenvalue weighted by molar-refractivity contribution is 5.40. The van der Waals surface area contributed by atoms with Crippen molar-refractivity contribution < 1.29 is 13.9 Å². The first-order valence-corrected chi connectivity index (χ1v) is 5.26. The second-order valence-electron chi connectivity index (χ2n) is 5.03. The topological polar surface area (TPSA) is 46.2 Å². The highest BCUT2D eigenvalue weighted by Crippen LogP contribution is 2.41. The SMILES string of the molecule is CC1(C)C[C@H](O)[C@@H](N)c2cc(F)c(F)cc21. The summed E-state index contributed by atoms with van der Waals surface area (Å²) in [5.41, 5.74) is 6.59. The van der Waals surface area contributed by atoms with Gasteiger partial charge in [0.1, 0.15) is 0 Å². The highest BCUT2D eigenvalue weighted by atomic mass is 19.2. The van der Waals surface area contributed by atoms with Crippen LogP contribution < -0.4 is 5.73 Å². The zero-order valence-corrected chi connectivity index (χ0v) is 9.30. The quantitative estimate of drug-likeness (QED) is 0.712. The standard InChI is InChI=1S/C12H15F2NO/c1-12(2)5-10(16)11(15)6-3-8(13)9(14)4-7(6)12/h3-4,10-11,16H,5,15H2,1-2H3/t10-,11-/m0/s1. The number of hydrogen-bond acceptors (Lipinski definition) is 2. The molecule has 0 saturated carbocycles. The van der Waals surface area contributed by atoms with Crippen molar-refractivity contribution in [2.75, 3.05) is 0 Å². The van der Waals surface area contributed by atoms with E-state index in [0.717, 1.165) is 6.07 Å². The van der Waals surface area contributed by atoms with Gasteiger partial charge in [-0.15, -0.1) is 0 Å². The fraction of sp³-hybridized carbons (Fsp3) is 0.500. The monoisotopic (exact) mass is 227 g/mol. The normalized spacial score (nSPS) is 27.6. The lowest BCUT2D eigenvalue weighted by Crippen LogP contribution is -2.40. The first kappa shape index (κ1) is 11.5. The average Bonchev–Trinajstić information content (AvgIpc) is 2.17. The number of aliphatic hydroxyl groups is 1. The molecule has 0 saturated heterocycles. The van der Waals surface area contributed by atoms with E-state index in [-0.39, 0.29) is 5.41 Å². The second-order valence-corrected chi connectivity index (χ2v) is 5.03. The van der Waals surface area contributed by atoms with Crippen LogP contribution in [0.2, 0.25) is 0 Å². The van der Waals surface area contributed by atoms with Crippen molar-refractivity contribution in [1.29, 1.82) is 0 Å². The molecule has 0 amide bonds. The highest BCUT2D eigenvalue weighted by Gasteiger charge is 2.37. The van der Waals surface area contributed by atoms with Crippen LogP contribution in [-0.2, 0) is 5.41 Å². The first-order valence-electron chi connectivity index (χ1n) is 5.26. The molecule has 0 spiro atoms. The summed E-state index contributed by atoms with van der Waals surface area (Å²) in [7, 11) is 0. The van der Waals surface area contributed by atoms with Crippen LogP contribution in [0.4, 0.5) is 8.78 Å². The van der Waals surface area contributed by atoms with Crippen LogP contribution in [-0.4, -0.2) is 11.2 Å². The van der Waals surface area contributed by atoms with Gasteiger partial charge in [-0.25, -0.2) is 8.78 Å². The molecule has 2 rings (SSSR count). The van der Waals surface area contributed by atoms with E-state index >= 15 is 0 Å². The Balaban J connectivity index is 2.64. The second kappa shape index (κ2) is 3.50. The third kappa shape index (κ3) is 1.62. The lowest BCUT2D eigenvalue weighted by atomic mass is 9.70. The van der Waals surface area contributed by atoms with Gasteiger partial charge in [0, 0.05) is 0 Å². The van der Waals surface area contributed by atoms with Crippen molar-refractivity contribution >= 4 is 0 Å². The number of aliphatic hydroxyl groups excluding tert-OH is 1. The predicted molar refractivity (Wildman–Crippen MR) is 56.9 cm³/mol. The Labute approximate surface area is 93.1 Å². The molecule has 0 bridgehead atoms. The van der Waals surface area contributed by atoms with Crippen molar-refractivity contribution in [2.24, 2.45) is 5.73 Å². The van der Waals surface area contributed by atoms with Crippen LogP contribution in [0.5, 0.6) is 0 Å². The van der Waals surface area contributed by atoms with Crippen molar-refractivity contribution in [1.82, 2.24) is 0 Å². The van der Waals surface area contributed by atoms with Gasteiger partial charge >= 0.3 is 0 Å². The fourth-order valence-electron chi connectivity index (χ4n) is 2.39. The Hall–Kier alpha value is -1.00. The first-order chi connectivity index (χ1) is 7.33. The third-order valence-electron chi connectivity index (χ3n) is 3.31. The largest absolute Gasteiger partial charge is 0.391 e. The molecule has 88 valence electrons. The zero-order valence-electron chi connectivity index (χ0n) is 9.30. The molecule has 0 heterocycles. The van der Waals surface area contributed by atoms with E-state index in [1.807, 2.05) is 13.8 Å². The summed E-state index contributed by atoms with van der Waals surface area (Å²) in [6, 6.07) is 1.65. The smallest absolute Gasteiger partial charge is 0.159 e. The minimum atomic E-state index is -0.917. The van der Waals surface area contributed by atoms with E-state index in [0.29, 0.717) is 17.5 Å². The molecule has 4 heteroatoms. The number of benzene rings is 1. The van der Waals surface area contributed by atoms with Crippen LogP contribution in [0.15, 0.2) is 12.1 Å². The number of halogens is 2. The van der Waals surface area contributed by atoms with Gasteiger partial charge in [0.25, 0.3) is 0 Å². The maximum atomic E-state index is 13.2. The summed E-state index contributed by atoms with van der Waals surface area (Å²) in [6.45, 7) is 3.77. The molecule has 3 N–H and O–H groups in total. The summed E-state index contributed by atoms with van der Waals surface area (Å²) in [5.74, 6) is -1.78. The zero-order chi connectivity index (χ0) is 12.1. The molecule has 16 heavy (non-hydrogen) atoms. The summed E-state index contributed by atoms with van der Waals surface area (Å²) >= 11 is 0. The number of nitrogens with two attached hydrogens (primary N) is 1. The molecule has 1 aliphatic carbocycles. The Morgan fingerprint density at radius 1 is 1.31 bits per heavy atom. The molecule has 0 radical (unpaired) electrons. The van der Waals surface area contributed by atoms with Crippen molar-refractivity contribution in [3.63, 3.8) is 0 Å². The van der Waals surface area contributed by atoms with Gasteiger partial charge in [0.2, 0.25) is 0 Å². The molecule has 0 fully saturated rings. The van der Waals surface area contributed by atoms with Gasteiger partial charge in [0.15, 0.2) is 11.6 Å². The molecule has 2 nitrogen and oxygen atoms in total. The maximum Gasteiger partial charge on any atom is 0.159 e. The Morgan fingerprint density at radius 2 is 1.88 bits per heavy atom. The predicted octanol–water partition coefficient (Wildman–Crippen LogP) is 2.01. The molecule has 0 aliphatic heterocycles. The summed E-state index contributed by atoms with van der Waals surface area (Å²) in [4.78, 5) is 0. The molecular formula is C12H15F2NO. The van der Waals surface area contributed by atoms with Crippen LogP contribution in [0, 0.1) is 11.6 Å². The van der Waals surface area contributed by atoms with E-state index in [2.05, 4.69) is 0 Å². The molecular weight excluding hydrogens is 212 g/mol. The van der Waals surface area contributed by atoms with Crippen LogP contribution in [0.3, 0.4) is 0 Å². The van der Waals surface area contributed by atoms with E-state index < -0.39 is 23.8 Å². The number of rotatable bonds is 0. The molecule has 1 aliphatic rings. The average molecular weight is 227 g/mol. The lowest BCUT2D eigenvalue weighted by Gasteiger charge is -2.39. The van der Waals surface area contributed by atoms with E-state index in [1.54, 1.807) is 0 Å². The molecule has 1 aromatic rings. The van der Waals surface area contributed by atoms with Crippen molar-refractivity contribution in [2.45, 2.75) is 37.8 Å². The summed E-state index contributed by atoms with van der Waals surface area (Å²) in [5, 5.41) is 9.78. The van der Waals surface area contributed by atoms with Crippen LogP contribution in [0.1, 0.15) is 37.4 Å². The molecule has 2 atom stereocenters. The van der Waals surface area contributed by atoms with E-state index in [1.165, 1.54) is 6.07 Å². The van der Waals surface area contributed by atoms with Gasteiger partial charge in [-0.2, -0.15) is 0 Å². The van der Waals surface area contributed by atoms with Gasteiger partial charge in [-0.3, -0.25) is 0 Å². The van der Waals surface area contributed by atoms with Crippen molar-refractivity contribution in [3.05, 3.63) is 34.9 Å². The maximum absolute atomic E-state index is 13.2. The molecule has 1 aromatic carbocycles. The van der Waals surface area contributed by atoms with Crippen LogP contribution >= 0.6 is 0 Å². The Morgan fingerprint density at radius 3 is 2.50 bits per heavy atom. The van der Waals surface area contributed by atoms with Gasteiger partial charge < -0.3 is 10.8 Å². The Bertz CT molecular complexity index is 431. The fourth-order valence-corrected chi connectivity index (χ4v) is 2.39. The summed E-state index contributed by atoms with van der Waals surface area (Å²) < 4.78 is 26.3. The van der Waals surface area contributed by atoms with Gasteiger partial charge in [0.05, 0.1) is 12.1 Å². The minimum absolute atomic E-state index is 0.390. The summed E-state index contributed by atoms with van der Waals surface area (Å²) in [6.07, 6.45) is -0.265. The van der Waals surface area contributed by atoms with Crippen molar-refractivity contribution in [3.8, 4) is 0 Å². The van der Waals surface area contributed by atoms with E-state index in [9.17, 15) is 13.9 Å². The van der Waals surface area contributed by atoms with Crippen LogP contribution in [0.25, 0.3) is 0 Å². The van der Waals surface area contributed by atoms with Gasteiger partial charge in [-0.1, -0.05) is 13.8 Å².